The molecule has 3 nitrogen and oxygen atoms in total. The van der Waals surface area contributed by atoms with Gasteiger partial charge in [-0.25, -0.2) is 0 Å². The molecule has 16 heavy (non-hydrogen) atoms. The van der Waals surface area contributed by atoms with Gasteiger partial charge in [0.1, 0.15) is 6.61 Å². The molecule has 0 bridgehead atoms. The van der Waals surface area contributed by atoms with E-state index in [0.717, 1.165) is 18.9 Å². The van der Waals surface area contributed by atoms with Crippen molar-refractivity contribution in [2.24, 2.45) is 5.92 Å². The van der Waals surface area contributed by atoms with Crippen molar-refractivity contribution >= 4 is 5.91 Å². The lowest BCUT2D eigenvalue weighted by Crippen LogP contribution is -2.32. The SMILES string of the molecule is CC(C)CCCCNC(=O)COC(C)(C)C. The Bertz CT molecular complexity index is 195. The average Bonchev–Trinajstić information content (AvgIpc) is 2.12. The lowest BCUT2D eigenvalue weighted by atomic mass is 10.1. The van der Waals surface area contributed by atoms with E-state index in [0.29, 0.717) is 0 Å². The predicted octanol–water partition coefficient (Wildman–Crippen LogP) is 2.74. The summed E-state index contributed by atoms with van der Waals surface area (Å²) < 4.78 is 5.37. The van der Waals surface area contributed by atoms with Crippen LogP contribution in [0.4, 0.5) is 0 Å². The summed E-state index contributed by atoms with van der Waals surface area (Å²) >= 11 is 0. The fourth-order valence-corrected chi connectivity index (χ4v) is 1.24. The normalized spacial score (nSPS) is 11.9. The minimum absolute atomic E-state index is 0.0144. The molecule has 0 aliphatic rings. The molecule has 96 valence electrons. The van der Waals surface area contributed by atoms with Crippen molar-refractivity contribution in [3.05, 3.63) is 0 Å². The molecular formula is C13H27NO2. The summed E-state index contributed by atoms with van der Waals surface area (Å²) in [6, 6.07) is 0. The largest absolute Gasteiger partial charge is 0.366 e. The van der Waals surface area contributed by atoms with E-state index in [1.807, 2.05) is 20.8 Å². The Morgan fingerprint density at radius 1 is 1.25 bits per heavy atom. The smallest absolute Gasteiger partial charge is 0.246 e. The Labute approximate surface area is 99.9 Å². The van der Waals surface area contributed by atoms with Gasteiger partial charge in [-0.05, 0) is 33.1 Å². The second-order valence-corrected chi connectivity index (χ2v) is 5.64. The summed E-state index contributed by atoms with van der Waals surface area (Å²) in [5.74, 6) is 0.736. The summed E-state index contributed by atoms with van der Waals surface area (Å²) in [7, 11) is 0. The van der Waals surface area contributed by atoms with E-state index in [1.54, 1.807) is 0 Å². The predicted molar refractivity (Wildman–Crippen MR) is 67.4 cm³/mol. The van der Waals surface area contributed by atoms with Gasteiger partial charge in [0.15, 0.2) is 0 Å². The highest BCUT2D eigenvalue weighted by molar-refractivity contribution is 5.77. The number of hydrogen-bond donors (Lipinski definition) is 1. The van der Waals surface area contributed by atoms with Crippen molar-refractivity contribution in [2.45, 2.75) is 59.5 Å². The molecule has 0 aromatic rings. The molecule has 0 saturated heterocycles. The van der Waals surface area contributed by atoms with E-state index in [9.17, 15) is 4.79 Å². The molecule has 0 unspecified atom stereocenters. The molecule has 3 heteroatoms. The highest BCUT2D eigenvalue weighted by Gasteiger charge is 2.12. The van der Waals surface area contributed by atoms with Crippen LogP contribution in [0.3, 0.4) is 0 Å². The first-order chi connectivity index (χ1) is 7.31. The van der Waals surface area contributed by atoms with E-state index in [4.69, 9.17) is 4.74 Å². The maximum Gasteiger partial charge on any atom is 0.246 e. The number of nitrogens with one attached hydrogen (secondary N) is 1. The summed E-state index contributed by atoms with van der Waals surface area (Å²) in [6.45, 7) is 11.2. The van der Waals surface area contributed by atoms with Crippen molar-refractivity contribution in [3.63, 3.8) is 0 Å². The van der Waals surface area contributed by atoms with Crippen molar-refractivity contribution in [3.8, 4) is 0 Å². The fraction of sp³-hybridized carbons (Fsp3) is 0.923. The van der Waals surface area contributed by atoms with Crippen LogP contribution in [0.2, 0.25) is 0 Å². The molecule has 0 radical (unpaired) electrons. The van der Waals surface area contributed by atoms with Gasteiger partial charge < -0.3 is 10.1 Å². The minimum Gasteiger partial charge on any atom is -0.366 e. The minimum atomic E-state index is -0.241. The Morgan fingerprint density at radius 3 is 2.38 bits per heavy atom. The third-order valence-electron chi connectivity index (χ3n) is 2.17. The molecule has 0 aromatic heterocycles. The molecule has 0 heterocycles. The van der Waals surface area contributed by atoms with Crippen LogP contribution in [0, 0.1) is 5.92 Å². The van der Waals surface area contributed by atoms with Gasteiger partial charge in [0.2, 0.25) is 5.91 Å². The number of carbonyl (C=O) groups excluding carboxylic acids is 1. The third-order valence-corrected chi connectivity index (χ3v) is 2.17. The van der Waals surface area contributed by atoms with Gasteiger partial charge in [0.05, 0.1) is 5.60 Å². The van der Waals surface area contributed by atoms with Gasteiger partial charge in [-0.15, -0.1) is 0 Å². The highest BCUT2D eigenvalue weighted by Crippen LogP contribution is 2.06. The number of ether oxygens (including phenoxy) is 1. The number of amides is 1. The van der Waals surface area contributed by atoms with E-state index in [1.165, 1.54) is 12.8 Å². The fourth-order valence-electron chi connectivity index (χ4n) is 1.24. The zero-order chi connectivity index (χ0) is 12.6. The molecule has 1 N–H and O–H groups in total. The van der Waals surface area contributed by atoms with Gasteiger partial charge >= 0.3 is 0 Å². The van der Waals surface area contributed by atoms with E-state index < -0.39 is 0 Å². The second kappa shape index (κ2) is 7.66. The van der Waals surface area contributed by atoms with Crippen LogP contribution in [0.15, 0.2) is 0 Å². The number of unbranched alkanes of at least 4 members (excludes halogenated alkanes) is 1. The van der Waals surface area contributed by atoms with Crippen molar-refractivity contribution in [1.82, 2.24) is 5.32 Å². The molecule has 0 aliphatic heterocycles. The molecular weight excluding hydrogens is 202 g/mol. The topological polar surface area (TPSA) is 38.3 Å². The molecule has 0 spiro atoms. The van der Waals surface area contributed by atoms with Gasteiger partial charge in [-0.1, -0.05) is 26.7 Å². The van der Waals surface area contributed by atoms with E-state index in [2.05, 4.69) is 19.2 Å². The maximum absolute atomic E-state index is 11.4. The van der Waals surface area contributed by atoms with E-state index in [-0.39, 0.29) is 18.1 Å². The lowest BCUT2D eigenvalue weighted by molar-refractivity contribution is -0.130. The van der Waals surface area contributed by atoms with Crippen LogP contribution >= 0.6 is 0 Å². The monoisotopic (exact) mass is 229 g/mol. The second-order valence-electron chi connectivity index (χ2n) is 5.64. The summed E-state index contributed by atoms with van der Waals surface area (Å²) in [5, 5.41) is 2.87. The van der Waals surface area contributed by atoms with Crippen LogP contribution in [-0.2, 0) is 9.53 Å². The first kappa shape index (κ1) is 15.4. The summed E-state index contributed by atoms with van der Waals surface area (Å²) in [4.78, 5) is 11.4. The molecule has 0 aromatic carbocycles. The summed E-state index contributed by atoms with van der Waals surface area (Å²) in [6.07, 6.45) is 3.46. The van der Waals surface area contributed by atoms with Gasteiger partial charge in [-0.3, -0.25) is 4.79 Å². The first-order valence-electron chi connectivity index (χ1n) is 6.22. The Hall–Kier alpha value is -0.570. The lowest BCUT2D eigenvalue weighted by Gasteiger charge is -2.18. The van der Waals surface area contributed by atoms with Crippen molar-refractivity contribution in [2.75, 3.05) is 13.2 Å². The Kier molecular flexibility index (Phi) is 7.39. The molecule has 0 saturated carbocycles. The zero-order valence-electron chi connectivity index (χ0n) is 11.4. The van der Waals surface area contributed by atoms with Crippen molar-refractivity contribution in [1.29, 1.82) is 0 Å². The van der Waals surface area contributed by atoms with Crippen LogP contribution in [0.25, 0.3) is 0 Å². The summed E-state index contributed by atoms with van der Waals surface area (Å²) in [5.41, 5.74) is -0.241. The molecule has 0 fully saturated rings. The molecule has 0 atom stereocenters. The van der Waals surface area contributed by atoms with Crippen LogP contribution < -0.4 is 5.32 Å². The molecule has 0 aliphatic carbocycles. The Balaban J connectivity index is 3.38. The van der Waals surface area contributed by atoms with E-state index >= 15 is 0 Å². The van der Waals surface area contributed by atoms with Gasteiger partial charge in [0, 0.05) is 6.54 Å². The van der Waals surface area contributed by atoms with Gasteiger partial charge in [0.25, 0.3) is 0 Å². The van der Waals surface area contributed by atoms with Gasteiger partial charge in [-0.2, -0.15) is 0 Å². The van der Waals surface area contributed by atoms with Crippen LogP contribution in [0.1, 0.15) is 53.9 Å². The Morgan fingerprint density at radius 2 is 1.88 bits per heavy atom. The average molecular weight is 229 g/mol. The quantitative estimate of drug-likeness (QED) is 0.682. The van der Waals surface area contributed by atoms with Crippen LogP contribution in [0.5, 0.6) is 0 Å². The number of carbonyl (C=O) groups is 1. The van der Waals surface area contributed by atoms with Crippen LogP contribution in [-0.4, -0.2) is 24.7 Å². The third kappa shape index (κ3) is 11.5. The highest BCUT2D eigenvalue weighted by atomic mass is 16.5. The molecule has 1 amide bonds. The first-order valence-corrected chi connectivity index (χ1v) is 6.22. The van der Waals surface area contributed by atoms with Crippen molar-refractivity contribution < 1.29 is 9.53 Å². The number of hydrogen-bond acceptors (Lipinski definition) is 2. The number of rotatable bonds is 7. The standard InChI is InChI=1S/C13H27NO2/c1-11(2)8-6-7-9-14-12(15)10-16-13(3,4)5/h11H,6-10H2,1-5H3,(H,14,15). The molecule has 0 rings (SSSR count). The zero-order valence-corrected chi connectivity index (χ0v) is 11.4. The maximum atomic E-state index is 11.4.